The number of aromatic nitrogens is 1. The maximum absolute atomic E-state index is 13.8. The summed E-state index contributed by atoms with van der Waals surface area (Å²) in [6.07, 6.45) is -0.726. The zero-order valence-electron chi connectivity index (χ0n) is 23.7. The quantitative estimate of drug-likeness (QED) is 0.186. The highest BCUT2D eigenvalue weighted by atomic mass is 35.5. The molecule has 12 heteroatoms. The molecule has 41 heavy (non-hydrogen) atoms. The SMILES string of the molecule is CCC(F)(F)COC(OCC(C)(F)F)c1ccc(C(=O)N2CCC3(CC2)c2ccc(C(C)=O)n2CCN3C)cc1Cl. The number of hydrogen-bond acceptors (Lipinski definition) is 5. The van der Waals surface area contributed by atoms with Crippen LogP contribution in [0.2, 0.25) is 5.02 Å². The highest BCUT2D eigenvalue weighted by Crippen LogP contribution is 2.42. The van der Waals surface area contributed by atoms with E-state index in [1.807, 2.05) is 12.1 Å². The van der Waals surface area contributed by atoms with Crippen molar-refractivity contribution in [1.82, 2.24) is 14.4 Å². The molecule has 1 aromatic heterocycles. The topological polar surface area (TPSA) is 64.0 Å². The standard InChI is InChI=1S/C29H36ClF4N3O4/c1-5-29(33,34)18-41-26(40-17-27(3,31)32)21-7-6-20(16-22(21)30)25(39)36-12-10-28(11-13-36)24-9-8-23(19(2)38)37(24)15-14-35(28)4/h6-9,16,26H,5,10-15,17-18H2,1-4H3. The molecule has 1 amide bonds. The maximum atomic E-state index is 13.8. The van der Waals surface area contributed by atoms with Crippen LogP contribution in [0.5, 0.6) is 0 Å². The minimum absolute atomic E-state index is 0.0180. The molecule has 4 rings (SSSR count). The molecule has 0 aliphatic carbocycles. The van der Waals surface area contributed by atoms with Crippen LogP contribution in [0.25, 0.3) is 0 Å². The second-order valence-corrected chi connectivity index (χ2v) is 11.4. The third kappa shape index (κ3) is 6.79. The van der Waals surface area contributed by atoms with E-state index < -0.39 is 37.8 Å². The molecule has 2 aliphatic rings. The van der Waals surface area contributed by atoms with Crippen LogP contribution < -0.4 is 0 Å². The fourth-order valence-electron chi connectivity index (χ4n) is 5.58. The van der Waals surface area contributed by atoms with Gasteiger partial charge < -0.3 is 18.9 Å². The minimum atomic E-state index is -3.22. The number of amides is 1. The molecule has 226 valence electrons. The number of piperidine rings is 1. The Labute approximate surface area is 242 Å². The van der Waals surface area contributed by atoms with Crippen molar-refractivity contribution in [1.29, 1.82) is 0 Å². The van der Waals surface area contributed by atoms with Crippen LogP contribution in [-0.2, 0) is 21.6 Å². The van der Waals surface area contributed by atoms with Crippen molar-refractivity contribution in [3.05, 3.63) is 57.9 Å². The summed E-state index contributed by atoms with van der Waals surface area (Å²) in [5, 5.41) is -0.0184. The number of fused-ring (bicyclic) bond motifs is 2. The Morgan fingerprint density at radius 2 is 1.68 bits per heavy atom. The molecule has 0 saturated carbocycles. The van der Waals surface area contributed by atoms with Gasteiger partial charge in [-0.05, 0) is 44.2 Å². The summed E-state index contributed by atoms with van der Waals surface area (Å²) in [5.74, 6) is -6.64. The van der Waals surface area contributed by atoms with Crippen LogP contribution in [0, 0.1) is 0 Å². The Morgan fingerprint density at radius 1 is 1.02 bits per heavy atom. The van der Waals surface area contributed by atoms with E-state index in [-0.39, 0.29) is 33.4 Å². The molecule has 0 N–H and O–H groups in total. The molecule has 0 radical (unpaired) electrons. The molecule has 1 aromatic carbocycles. The van der Waals surface area contributed by atoms with Crippen LogP contribution >= 0.6 is 11.6 Å². The lowest BCUT2D eigenvalue weighted by molar-refractivity contribution is -0.214. The van der Waals surface area contributed by atoms with Crippen LogP contribution in [0.3, 0.4) is 0 Å². The molecule has 1 atom stereocenters. The lowest BCUT2D eigenvalue weighted by Gasteiger charge is -2.50. The lowest BCUT2D eigenvalue weighted by Crippen LogP contribution is -2.56. The largest absolute Gasteiger partial charge is 0.342 e. The van der Waals surface area contributed by atoms with Crippen molar-refractivity contribution in [3.63, 3.8) is 0 Å². The number of carbonyl (C=O) groups is 2. The molecule has 7 nitrogen and oxygen atoms in total. The van der Waals surface area contributed by atoms with Gasteiger partial charge in [0.05, 0.1) is 11.2 Å². The van der Waals surface area contributed by atoms with Gasteiger partial charge in [0.15, 0.2) is 12.1 Å². The number of halogens is 5. The van der Waals surface area contributed by atoms with Gasteiger partial charge in [-0.25, -0.2) is 17.6 Å². The maximum Gasteiger partial charge on any atom is 0.270 e. The lowest BCUT2D eigenvalue weighted by atomic mass is 9.81. The molecule has 2 aliphatic heterocycles. The summed E-state index contributed by atoms with van der Waals surface area (Å²) in [7, 11) is 2.06. The highest BCUT2D eigenvalue weighted by Gasteiger charge is 2.45. The minimum Gasteiger partial charge on any atom is -0.342 e. The second-order valence-electron chi connectivity index (χ2n) is 11.0. The van der Waals surface area contributed by atoms with E-state index >= 15 is 0 Å². The van der Waals surface area contributed by atoms with Crippen LogP contribution in [-0.4, -0.2) is 77.8 Å². The van der Waals surface area contributed by atoms with E-state index in [1.165, 1.54) is 25.1 Å². The summed E-state index contributed by atoms with van der Waals surface area (Å²) < 4.78 is 67.0. The first kappa shape index (κ1) is 31.5. The molecule has 1 saturated heterocycles. The number of Topliss-reactive ketones (excluding diaryl/α,β-unsaturated/α-hetero) is 1. The third-order valence-electron chi connectivity index (χ3n) is 8.04. The number of likely N-dealkylation sites (tertiary alicyclic amines) is 1. The Hall–Kier alpha value is -2.47. The van der Waals surface area contributed by atoms with Crippen molar-refractivity contribution >= 4 is 23.3 Å². The number of carbonyl (C=O) groups excluding carboxylic acids is 2. The number of ether oxygens (including phenoxy) is 2. The molecule has 2 aromatic rings. The van der Waals surface area contributed by atoms with E-state index in [9.17, 15) is 27.2 Å². The van der Waals surface area contributed by atoms with Crippen LogP contribution in [0.4, 0.5) is 17.6 Å². The zero-order valence-corrected chi connectivity index (χ0v) is 24.4. The first-order valence-electron chi connectivity index (χ1n) is 13.7. The zero-order chi connectivity index (χ0) is 30.2. The Kier molecular flexibility index (Phi) is 9.23. The Balaban J connectivity index is 1.49. The first-order valence-corrected chi connectivity index (χ1v) is 14.0. The summed E-state index contributed by atoms with van der Waals surface area (Å²) in [6, 6.07) is 8.10. The first-order chi connectivity index (χ1) is 19.2. The smallest absolute Gasteiger partial charge is 0.270 e. The van der Waals surface area contributed by atoms with Crippen molar-refractivity contribution in [2.24, 2.45) is 0 Å². The number of alkyl halides is 4. The fourth-order valence-corrected chi connectivity index (χ4v) is 5.85. The molecule has 0 bridgehead atoms. The molecule has 3 heterocycles. The van der Waals surface area contributed by atoms with Gasteiger partial charge in [0, 0.05) is 68.3 Å². The Bertz CT molecular complexity index is 1270. The predicted molar refractivity (Wildman–Crippen MR) is 146 cm³/mol. The van der Waals surface area contributed by atoms with Crippen molar-refractivity contribution < 1.29 is 36.6 Å². The summed E-state index contributed by atoms with van der Waals surface area (Å²) in [6.45, 7) is 3.83. The van der Waals surface area contributed by atoms with Gasteiger partial charge in [0.1, 0.15) is 13.2 Å². The van der Waals surface area contributed by atoms with Gasteiger partial charge in [-0.15, -0.1) is 0 Å². The predicted octanol–water partition coefficient (Wildman–Crippen LogP) is 6.15. The summed E-state index contributed by atoms with van der Waals surface area (Å²) >= 11 is 6.42. The van der Waals surface area contributed by atoms with Gasteiger partial charge in [0.25, 0.3) is 17.8 Å². The number of rotatable bonds is 10. The third-order valence-corrected chi connectivity index (χ3v) is 8.37. The van der Waals surface area contributed by atoms with Gasteiger partial charge in [-0.2, -0.15) is 0 Å². The summed E-state index contributed by atoms with van der Waals surface area (Å²) in [5.41, 5.74) is 1.81. The van der Waals surface area contributed by atoms with Gasteiger partial charge in [-0.1, -0.05) is 24.6 Å². The average molecular weight is 602 g/mol. The summed E-state index contributed by atoms with van der Waals surface area (Å²) in [4.78, 5) is 29.6. The van der Waals surface area contributed by atoms with E-state index in [1.54, 1.807) is 11.8 Å². The van der Waals surface area contributed by atoms with Crippen molar-refractivity contribution in [2.45, 2.75) is 70.3 Å². The highest BCUT2D eigenvalue weighted by molar-refractivity contribution is 6.31. The molecular weight excluding hydrogens is 566 g/mol. The van der Waals surface area contributed by atoms with Crippen molar-refractivity contribution in [2.75, 3.05) is 39.9 Å². The fraction of sp³-hybridized carbons (Fsp3) is 0.586. The monoisotopic (exact) mass is 601 g/mol. The Morgan fingerprint density at radius 3 is 2.27 bits per heavy atom. The van der Waals surface area contributed by atoms with Crippen LogP contribution in [0.1, 0.15) is 78.4 Å². The van der Waals surface area contributed by atoms with Gasteiger partial charge in [-0.3, -0.25) is 14.5 Å². The number of hydrogen-bond donors (Lipinski definition) is 0. The molecular formula is C29H36ClF4N3O4. The van der Waals surface area contributed by atoms with Crippen molar-refractivity contribution in [3.8, 4) is 0 Å². The molecule has 1 unspecified atom stereocenters. The van der Waals surface area contributed by atoms with Gasteiger partial charge in [0.2, 0.25) is 0 Å². The van der Waals surface area contributed by atoms with E-state index in [4.69, 9.17) is 21.1 Å². The number of nitrogens with zero attached hydrogens (tertiary/aromatic N) is 3. The van der Waals surface area contributed by atoms with E-state index in [2.05, 4.69) is 16.5 Å². The number of likely N-dealkylation sites (N-methyl/N-ethyl adjacent to an activating group) is 1. The number of ketones is 1. The number of benzene rings is 1. The average Bonchev–Trinajstić information content (AvgIpc) is 3.36. The normalized spacial score (nSPS) is 18.4. The van der Waals surface area contributed by atoms with Crippen LogP contribution in [0.15, 0.2) is 30.3 Å². The second kappa shape index (κ2) is 12.0. The van der Waals surface area contributed by atoms with Gasteiger partial charge >= 0.3 is 0 Å². The molecule has 1 spiro atoms. The van der Waals surface area contributed by atoms with E-state index in [0.29, 0.717) is 38.5 Å². The molecule has 1 fully saturated rings. The van der Waals surface area contributed by atoms with E-state index in [0.717, 1.165) is 18.8 Å².